The summed E-state index contributed by atoms with van der Waals surface area (Å²) in [5.41, 5.74) is 1.52. The van der Waals surface area contributed by atoms with Crippen LogP contribution in [-0.4, -0.2) is 50.3 Å². The van der Waals surface area contributed by atoms with Gasteiger partial charge in [-0.3, -0.25) is 0 Å². The first-order chi connectivity index (χ1) is 12.5. The zero-order valence-electron chi connectivity index (χ0n) is 15.5. The summed E-state index contributed by atoms with van der Waals surface area (Å²) in [5, 5.41) is 16.3. The molecule has 2 aromatic rings. The number of rotatable bonds is 8. The number of ether oxygens (including phenoxy) is 1. The van der Waals surface area contributed by atoms with Gasteiger partial charge in [-0.1, -0.05) is 30.3 Å². The number of nitrogens with one attached hydrogen (secondary N) is 2. The quantitative estimate of drug-likeness (QED) is 0.679. The molecule has 2 aromatic carbocycles. The average molecular weight is 357 g/mol. The molecule has 0 saturated carbocycles. The van der Waals surface area contributed by atoms with E-state index in [1.54, 1.807) is 31.4 Å². The lowest BCUT2D eigenvalue weighted by Crippen LogP contribution is -2.39. The molecular weight excluding hydrogens is 330 g/mol. The summed E-state index contributed by atoms with van der Waals surface area (Å²) in [7, 11) is 5.49. The van der Waals surface area contributed by atoms with E-state index in [4.69, 9.17) is 4.74 Å². The van der Waals surface area contributed by atoms with Gasteiger partial charge in [0.15, 0.2) is 0 Å². The first-order valence-corrected chi connectivity index (χ1v) is 8.56. The third kappa shape index (κ3) is 6.06. The fourth-order valence-electron chi connectivity index (χ4n) is 2.74. The topological polar surface area (TPSA) is 73.8 Å². The van der Waals surface area contributed by atoms with Crippen molar-refractivity contribution in [3.8, 4) is 5.75 Å². The van der Waals surface area contributed by atoms with Gasteiger partial charge in [0.1, 0.15) is 5.75 Å². The second-order valence-corrected chi connectivity index (χ2v) is 6.44. The van der Waals surface area contributed by atoms with Gasteiger partial charge >= 0.3 is 6.03 Å². The second kappa shape index (κ2) is 9.79. The molecule has 2 rings (SSSR count). The van der Waals surface area contributed by atoms with Crippen molar-refractivity contribution in [2.75, 3.05) is 39.6 Å². The Morgan fingerprint density at radius 3 is 2.35 bits per heavy atom. The van der Waals surface area contributed by atoms with Crippen LogP contribution in [0, 0.1) is 5.92 Å². The molecule has 0 heterocycles. The Morgan fingerprint density at radius 1 is 1.12 bits per heavy atom. The highest BCUT2D eigenvalue weighted by molar-refractivity contribution is 5.89. The van der Waals surface area contributed by atoms with Crippen LogP contribution < -0.4 is 15.4 Å². The van der Waals surface area contributed by atoms with E-state index >= 15 is 0 Å². The fraction of sp³-hybridized carbons (Fsp3) is 0.350. The van der Waals surface area contributed by atoms with Gasteiger partial charge in [0, 0.05) is 24.7 Å². The molecule has 26 heavy (non-hydrogen) atoms. The maximum Gasteiger partial charge on any atom is 0.319 e. The standard InChI is InChI=1S/C20H27N3O3/c1-23(2)14-16(19(24)15-7-5-4-6-8-15)13-21-20(25)22-17-9-11-18(26-3)12-10-17/h4-12,16,19,24H,13-14H2,1-3H3,(H2,21,22,25)/t16-,19-/m1/s1. The predicted octanol–water partition coefficient (Wildman–Crippen LogP) is 2.73. The first kappa shape index (κ1) is 19.8. The van der Waals surface area contributed by atoms with E-state index in [0.717, 1.165) is 11.3 Å². The van der Waals surface area contributed by atoms with Gasteiger partial charge in [0.05, 0.1) is 13.2 Å². The molecule has 3 N–H and O–H groups in total. The molecule has 0 aliphatic carbocycles. The zero-order chi connectivity index (χ0) is 18.9. The highest BCUT2D eigenvalue weighted by atomic mass is 16.5. The lowest BCUT2D eigenvalue weighted by atomic mass is 9.95. The predicted molar refractivity (Wildman–Crippen MR) is 103 cm³/mol. The minimum absolute atomic E-state index is 0.131. The van der Waals surface area contributed by atoms with E-state index in [1.807, 2.05) is 49.3 Å². The van der Waals surface area contributed by atoms with Crippen LogP contribution in [0.15, 0.2) is 54.6 Å². The Balaban J connectivity index is 1.93. The summed E-state index contributed by atoms with van der Waals surface area (Å²) in [6.45, 7) is 1.01. The number of aliphatic hydroxyl groups excluding tert-OH is 1. The van der Waals surface area contributed by atoms with E-state index in [0.29, 0.717) is 18.8 Å². The Labute approximate surface area is 154 Å². The number of urea groups is 1. The van der Waals surface area contributed by atoms with E-state index in [1.165, 1.54) is 0 Å². The molecule has 0 bridgehead atoms. The molecule has 140 valence electrons. The van der Waals surface area contributed by atoms with E-state index in [9.17, 15) is 9.90 Å². The third-order valence-corrected chi connectivity index (χ3v) is 4.06. The molecule has 0 fully saturated rings. The fourth-order valence-corrected chi connectivity index (χ4v) is 2.74. The Bertz CT molecular complexity index is 674. The zero-order valence-corrected chi connectivity index (χ0v) is 15.5. The highest BCUT2D eigenvalue weighted by Gasteiger charge is 2.22. The van der Waals surface area contributed by atoms with Crippen LogP contribution in [0.3, 0.4) is 0 Å². The maximum atomic E-state index is 12.2. The van der Waals surface area contributed by atoms with Gasteiger partial charge < -0.3 is 25.4 Å². The number of aliphatic hydroxyl groups is 1. The minimum Gasteiger partial charge on any atom is -0.497 e. The minimum atomic E-state index is -0.653. The van der Waals surface area contributed by atoms with Crippen LogP contribution in [0.2, 0.25) is 0 Å². The number of benzene rings is 2. The van der Waals surface area contributed by atoms with Gasteiger partial charge in [-0.05, 0) is 43.9 Å². The highest BCUT2D eigenvalue weighted by Crippen LogP contribution is 2.22. The molecule has 0 aliphatic heterocycles. The molecule has 0 unspecified atom stereocenters. The van der Waals surface area contributed by atoms with Gasteiger partial charge in [0.2, 0.25) is 0 Å². The molecule has 0 spiro atoms. The SMILES string of the molecule is COc1ccc(NC(=O)NC[C@H](CN(C)C)[C@H](O)c2ccccc2)cc1. The molecule has 6 heteroatoms. The largest absolute Gasteiger partial charge is 0.497 e. The van der Waals surface area contributed by atoms with E-state index in [-0.39, 0.29) is 11.9 Å². The average Bonchev–Trinajstić information content (AvgIpc) is 2.65. The van der Waals surface area contributed by atoms with E-state index in [2.05, 4.69) is 10.6 Å². The summed E-state index contributed by atoms with van der Waals surface area (Å²) in [6.07, 6.45) is -0.653. The number of methoxy groups -OCH3 is 1. The van der Waals surface area contributed by atoms with Crippen molar-refractivity contribution in [1.82, 2.24) is 10.2 Å². The van der Waals surface area contributed by atoms with Crippen LogP contribution in [0.1, 0.15) is 11.7 Å². The number of hydrogen-bond acceptors (Lipinski definition) is 4. The van der Waals surface area contributed by atoms with Crippen molar-refractivity contribution in [2.24, 2.45) is 5.92 Å². The summed E-state index contributed by atoms with van der Waals surface area (Å²) >= 11 is 0. The van der Waals surface area contributed by atoms with Crippen molar-refractivity contribution in [3.05, 3.63) is 60.2 Å². The van der Waals surface area contributed by atoms with Crippen molar-refractivity contribution in [3.63, 3.8) is 0 Å². The van der Waals surface area contributed by atoms with Crippen LogP contribution in [-0.2, 0) is 0 Å². The molecule has 0 saturated heterocycles. The van der Waals surface area contributed by atoms with Crippen molar-refractivity contribution in [2.45, 2.75) is 6.10 Å². The number of amides is 2. The molecule has 2 atom stereocenters. The van der Waals surface area contributed by atoms with Gasteiger partial charge in [0.25, 0.3) is 0 Å². The smallest absolute Gasteiger partial charge is 0.319 e. The van der Waals surface area contributed by atoms with Crippen LogP contribution in [0.4, 0.5) is 10.5 Å². The normalized spacial score (nSPS) is 13.1. The number of hydrogen-bond donors (Lipinski definition) is 3. The number of nitrogens with zero attached hydrogens (tertiary/aromatic N) is 1. The first-order valence-electron chi connectivity index (χ1n) is 8.56. The van der Waals surface area contributed by atoms with Gasteiger partial charge in [-0.25, -0.2) is 4.79 Å². The van der Waals surface area contributed by atoms with Crippen molar-refractivity contribution in [1.29, 1.82) is 0 Å². The summed E-state index contributed by atoms with van der Waals surface area (Å²) in [4.78, 5) is 14.2. The monoisotopic (exact) mass is 357 g/mol. The lowest BCUT2D eigenvalue weighted by molar-refractivity contribution is 0.0911. The summed E-state index contributed by atoms with van der Waals surface area (Å²) < 4.78 is 5.10. The molecule has 0 aromatic heterocycles. The van der Waals surface area contributed by atoms with E-state index < -0.39 is 6.10 Å². The number of carbonyl (C=O) groups is 1. The molecule has 0 radical (unpaired) electrons. The van der Waals surface area contributed by atoms with Crippen molar-refractivity contribution < 1.29 is 14.6 Å². The Hall–Kier alpha value is -2.57. The number of anilines is 1. The lowest BCUT2D eigenvalue weighted by Gasteiger charge is -2.26. The van der Waals surface area contributed by atoms with Gasteiger partial charge in [-0.15, -0.1) is 0 Å². The molecule has 6 nitrogen and oxygen atoms in total. The Morgan fingerprint density at radius 2 is 1.77 bits per heavy atom. The van der Waals surface area contributed by atoms with Crippen LogP contribution >= 0.6 is 0 Å². The Kier molecular flexibility index (Phi) is 7.44. The molecule has 0 aliphatic rings. The van der Waals surface area contributed by atoms with Crippen LogP contribution in [0.5, 0.6) is 5.75 Å². The second-order valence-electron chi connectivity index (χ2n) is 6.44. The maximum absolute atomic E-state index is 12.2. The third-order valence-electron chi connectivity index (χ3n) is 4.06. The molecule has 2 amide bonds. The van der Waals surface area contributed by atoms with Crippen molar-refractivity contribution >= 4 is 11.7 Å². The molecular formula is C20H27N3O3. The summed E-state index contributed by atoms with van der Waals surface area (Å²) in [6, 6.07) is 16.3. The van der Waals surface area contributed by atoms with Crippen LogP contribution in [0.25, 0.3) is 0 Å². The summed E-state index contributed by atoms with van der Waals surface area (Å²) in [5.74, 6) is 0.599. The van der Waals surface area contributed by atoms with Gasteiger partial charge in [-0.2, -0.15) is 0 Å². The number of carbonyl (C=O) groups excluding carboxylic acids is 1.